The number of aromatic nitrogens is 4. The lowest BCUT2D eigenvalue weighted by molar-refractivity contribution is 0.0520. The lowest BCUT2D eigenvalue weighted by Crippen LogP contribution is -2.44. The fraction of sp³-hybridized carbons (Fsp3) is 0.185. The van der Waals surface area contributed by atoms with Crippen LogP contribution in [-0.4, -0.2) is 49.2 Å². The van der Waals surface area contributed by atoms with Crippen LogP contribution < -0.4 is 10.5 Å². The number of para-hydroxylation sites is 1. The first-order chi connectivity index (χ1) is 18.2. The van der Waals surface area contributed by atoms with Gasteiger partial charge in [0.05, 0.1) is 11.4 Å². The lowest BCUT2D eigenvalue weighted by Gasteiger charge is -2.36. The van der Waals surface area contributed by atoms with E-state index in [2.05, 4.69) is 20.0 Å². The van der Waals surface area contributed by atoms with Crippen LogP contribution in [0.25, 0.3) is 22.3 Å². The molecular weight excluding hydrogens is 471 g/mol. The first-order valence-corrected chi connectivity index (χ1v) is 12.1. The largest absolute Gasteiger partial charge is 0.454 e. The lowest BCUT2D eigenvalue weighted by atomic mass is 10.1. The summed E-state index contributed by atoms with van der Waals surface area (Å²) in [6, 6.07) is 13.8. The Morgan fingerprint density at radius 2 is 1.78 bits per heavy atom. The molecule has 0 atom stereocenters. The van der Waals surface area contributed by atoms with Crippen LogP contribution in [-0.2, 0) is 0 Å². The number of fused-ring (bicyclic) bond motifs is 1. The van der Waals surface area contributed by atoms with E-state index in [9.17, 15) is 4.39 Å². The second-order valence-electron chi connectivity index (χ2n) is 8.82. The van der Waals surface area contributed by atoms with Crippen LogP contribution in [0.15, 0.2) is 84.4 Å². The molecule has 2 aromatic carbocycles. The molecule has 4 aromatic rings. The van der Waals surface area contributed by atoms with Gasteiger partial charge in [-0.1, -0.05) is 12.1 Å². The summed E-state index contributed by atoms with van der Waals surface area (Å²) in [5.41, 5.74) is 8.58. The highest BCUT2D eigenvalue weighted by molar-refractivity contribution is 5.98. The van der Waals surface area contributed by atoms with Gasteiger partial charge in [-0.15, -0.1) is 0 Å². The van der Waals surface area contributed by atoms with E-state index in [-0.39, 0.29) is 11.8 Å². The van der Waals surface area contributed by atoms with E-state index in [1.165, 1.54) is 12.4 Å². The minimum atomic E-state index is -0.414. The molecule has 0 aliphatic carbocycles. The molecule has 0 unspecified atom stereocenters. The van der Waals surface area contributed by atoms with Crippen molar-refractivity contribution in [3.8, 4) is 22.8 Å². The van der Waals surface area contributed by atoms with Crippen LogP contribution in [0.2, 0.25) is 0 Å². The molecule has 2 aliphatic rings. The predicted molar refractivity (Wildman–Crippen MR) is 140 cm³/mol. The molecule has 186 valence electrons. The topological polar surface area (TPSA) is 97.7 Å². The average Bonchev–Trinajstić information content (AvgIpc) is 3.11. The van der Waals surface area contributed by atoms with E-state index >= 15 is 0 Å². The van der Waals surface area contributed by atoms with Crippen molar-refractivity contribution in [3.05, 3.63) is 85.2 Å². The number of rotatable bonds is 5. The number of nitrogens with two attached hydrogens (primary N) is 1. The van der Waals surface area contributed by atoms with Crippen LogP contribution in [0.4, 0.5) is 10.2 Å². The molecule has 4 heterocycles. The van der Waals surface area contributed by atoms with Crippen LogP contribution in [0.3, 0.4) is 0 Å². The summed E-state index contributed by atoms with van der Waals surface area (Å²) in [6.07, 6.45) is 12.7. The maximum atomic E-state index is 14.0. The minimum Gasteiger partial charge on any atom is -0.454 e. The number of piperidine rings is 1. The monoisotopic (exact) mass is 496 g/mol. The van der Waals surface area contributed by atoms with Crippen LogP contribution in [0.5, 0.6) is 11.5 Å². The van der Waals surface area contributed by atoms with E-state index in [1.54, 1.807) is 36.5 Å². The maximum absolute atomic E-state index is 14.0. The van der Waals surface area contributed by atoms with Gasteiger partial charge in [-0.2, -0.15) is 5.10 Å². The van der Waals surface area contributed by atoms with Gasteiger partial charge in [0.2, 0.25) is 0 Å². The average molecular weight is 497 g/mol. The summed E-state index contributed by atoms with van der Waals surface area (Å²) in [5, 5.41) is 9.98. The fourth-order valence-corrected chi connectivity index (χ4v) is 4.66. The molecule has 10 heteroatoms. The van der Waals surface area contributed by atoms with Gasteiger partial charge in [-0.3, -0.25) is 5.01 Å². The van der Waals surface area contributed by atoms with Crippen molar-refractivity contribution in [2.75, 3.05) is 18.8 Å². The Balaban J connectivity index is 1.26. The van der Waals surface area contributed by atoms with Crippen molar-refractivity contribution >= 4 is 23.2 Å². The molecule has 0 radical (unpaired) electrons. The Morgan fingerprint density at radius 1 is 0.973 bits per heavy atom. The maximum Gasteiger partial charge on any atom is 0.165 e. The van der Waals surface area contributed by atoms with Gasteiger partial charge in [0.1, 0.15) is 29.9 Å². The van der Waals surface area contributed by atoms with Crippen molar-refractivity contribution in [2.24, 2.45) is 4.99 Å². The Kier molecular flexibility index (Phi) is 6.07. The summed E-state index contributed by atoms with van der Waals surface area (Å²) in [7, 11) is 0. The number of aliphatic imine (C=N–C) groups is 1. The normalized spacial score (nSPS) is 16.4. The molecule has 37 heavy (non-hydrogen) atoms. The molecule has 2 N–H and O–H groups in total. The van der Waals surface area contributed by atoms with Crippen molar-refractivity contribution < 1.29 is 9.13 Å². The van der Waals surface area contributed by atoms with E-state index in [0.29, 0.717) is 22.9 Å². The first kappa shape index (κ1) is 22.9. The Hall–Kier alpha value is -4.57. The number of nitrogens with zero attached hydrogens (tertiary/aromatic N) is 7. The molecule has 2 aliphatic heterocycles. The highest BCUT2D eigenvalue weighted by Crippen LogP contribution is 2.35. The fourth-order valence-electron chi connectivity index (χ4n) is 4.66. The standard InChI is InChI=1S/C27H25FN8O/c28-22-5-1-2-6-23(22)37-21-9-7-19(8-10-21)25-24-26(29)31-17-32-27(24)36(33-25)20-11-15-34(16-12-20)35-14-4-3-13-30-18-35/h1-10,13-14,17-18,20H,11-12,15-16H2,(H2,29,31,32). The number of anilines is 1. The zero-order valence-corrected chi connectivity index (χ0v) is 20.0. The quantitative estimate of drug-likeness (QED) is 0.418. The van der Waals surface area contributed by atoms with Crippen molar-refractivity contribution in [1.29, 1.82) is 0 Å². The number of benzene rings is 2. The van der Waals surface area contributed by atoms with Gasteiger partial charge < -0.3 is 10.5 Å². The molecule has 6 rings (SSSR count). The van der Waals surface area contributed by atoms with E-state index in [0.717, 1.165) is 36.9 Å². The Labute approximate surface area is 213 Å². The molecule has 2 aromatic heterocycles. The van der Waals surface area contributed by atoms with E-state index in [4.69, 9.17) is 15.6 Å². The minimum absolute atomic E-state index is 0.163. The number of hydrogen-bond donors (Lipinski definition) is 1. The van der Waals surface area contributed by atoms with Gasteiger partial charge >= 0.3 is 0 Å². The molecule has 9 nitrogen and oxygen atoms in total. The van der Waals surface area contributed by atoms with Gasteiger partial charge in [-0.25, -0.2) is 29.0 Å². The predicted octanol–water partition coefficient (Wildman–Crippen LogP) is 4.93. The van der Waals surface area contributed by atoms with Crippen LogP contribution in [0, 0.1) is 5.82 Å². The molecular formula is C27H25FN8O. The molecule has 0 saturated carbocycles. The number of halogens is 1. The third kappa shape index (κ3) is 4.54. The van der Waals surface area contributed by atoms with Gasteiger partial charge in [0.15, 0.2) is 17.2 Å². The van der Waals surface area contributed by atoms with Gasteiger partial charge in [0.25, 0.3) is 0 Å². The third-order valence-corrected chi connectivity index (χ3v) is 6.53. The number of hydrogen-bond acceptors (Lipinski definition) is 8. The third-order valence-electron chi connectivity index (χ3n) is 6.53. The number of ether oxygens (including phenoxy) is 1. The van der Waals surface area contributed by atoms with Gasteiger partial charge in [-0.05, 0) is 61.4 Å². The first-order valence-electron chi connectivity index (χ1n) is 12.1. The summed E-state index contributed by atoms with van der Waals surface area (Å²) in [4.78, 5) is 13.0. The summed E-state index contributed by atoms with van der Waals surface area (Å²) >= 11 is 0. The SMILES string of the molecule is Nc1ncnc2c1c(-c1ccc(Oc3ccccc3F)cc1)nn2C1CCN(N2C=CC=CN=C2)CC1. The summed E-state index contributed by atoms with van der Waals surface area (Å²) in [5.74, 6) is 0.666. The zero-order chi connectivity index (χ0) is 25.2. The Bertz CT molecular complexity index is 1490. The highest BCUT2D eigenvalue weighted by atomic mass is 19.1. The number of allylic oxidation sites excluding steroid dienone is 2. The smallest absolute Gasteiger partial charge is 0.165 e. The Morgan fingerprint density at radius 3 is 2.59 bits per heavy atom. The molecule has 0 bridgehead atoms. The van der Waals surface area contributed by atoms with Crippen molar-refractivity contribution in [2.45, 2.75) is 18.9 Å². The van der Waals surface area contributed by atoms with E-state index < -0.39 is 5.82 Å². The second kappa shape index (κ2) is 9.82. The van der Waals surface area contributed by atoms with Gasteiger partial charge in [0, 0.05) is 31.1 Å². The molecule has 0 spiro atoms. The summed E-state index contributed by atoms with van der Waals surface area (Å²) < 4.78 is 21.7. The van der Waals surface area contributed by atoms with E-state index in [1.807, 2.05) is 46.5 Å². The van der Waals surface area contributed by atoms with Crippen molar-refractivity contribution in [1.82, 2.24) is 29.8 Å². The number of nitrogen functional groups attached to an aromatic ring is 1. The molecule has 0 amide bonds. The van der Waals surface area contributed by atoms with Crippen molar-refractivity contribution in [3.63, 3.8) is 0 Å². The number of hydrazine groups is 1. The highest BCUT2D eigenvalue weighted by Gasteiger charge is 2.27. The second-order valence-corrected chi connectivity index (χ2v) is 8.82. The molecule has 1 saturated heterocycles. The summed E-state index contributed by atoms with van der Waals surface area (Å²) in [6.45, 7) is 1.70. The molecule has 1 fully saturated rings. The van der Waals surface area contributed by atoms with Crippen LogP contribution in [0.1, 0.15) is 18.9 Å². The van der Waals surface area contributed by atoms with Crippen LogP contribution >= 0.6 is 0 Å². The zero-order valence-electron chi connectivity index (χ0n) is 20.0.